The second kappa shape index (κ2) is 8.06. The van der Waals surface area contributed by atoms with Crippen LogP contribution in [0.2, 0.25) is 0 Å². The summed E-state index contributed by atoms with van der Waals surface area (Å²) in [4.78, 5) is 23.7. The number of fused-ring (bicyclic) bond motifs is 2. The van der Waals surface area contributed by atoms with Crippen LogP contribution >= 0.6 is 12.4 Å². The van der Waals surface area contributed by atoms with Crippen LogP contribution in [0.3, 0.4) is 0 Å². The smallest absolute Gasteiger partial charge is 0.343 e. The lowest BCUT2D eigenvalue weighted by Crippen LogP contribution is -2.42. The number of benzene rings is 1. The molecule has 0 aliphatic heterocycles. The number of esters is 1. The molecule has 2 bridgehead atoms. The Morgan fingerprint density at radius 1 is 1.28 bits per heavy atom. The zero-order chi connectivity index (χ0) is 17.3. The van der Waals surface area contributed by atoms with Crippen LogP contribution in [0.4, 0.5) is 5.69 Å². The Bertz CT molecular complexity index is 650. The lowest BCUT2D eigenvalue weighted by Gasteiger charge is -2.27. The number of hydrogen-bond donors (Lipinski definition) is 2. The van der Waals surface area contributed by atoms with Gasteiger partial charge in [-0.25, -0.2) is 4.79 Å². The molecule has 25 heavy (non-hydrogen) atoms. The van der Waals surface area contributed by atoms with E-state index in [9.17, 15) is 9.59 Å². The zero-order valence-electron chi connectivity index (χ0n) is 14.5. The van der Waals surface area contributed by atoms with Crippen molar-refractivity contribution in [2.45, 2.75) is 32.2 Å². The lowest BCUT2D eigenvalue weighted by atomic mass is 9.84. The van der Waals surface area contributed by atoms with Crippen LogP contribution in [-0.4, -0.2) is 31.6 Å². The number of nitrogens with one attached hydrogen (secondary N) is 1. The standard InChI is InChI=1S/C18H24N2O4.ClH/c1-10-7-13(24-9-15(21)23-2)5-6-14(10)20-18(22)16-11-3-4-12(8-11)17(16)19;/h5-7,11-12,16-17H,3-4,8-9,19H2,1-2H3,(H,20,22);1H. The Kier molecular flexibility index (Phi) is 6.30. The highest BCUT2D eigenvalue weighted by Gasteiger charge is 2.49. The van der Waals surface area contributed by atoms with Crippen molar-refractivity contribution in [2.75, 3.05) is 19.0 Å². The van der Waals surface area contributed by atoms with E-state index in [-0.39, 0.29) is 36.9 Å². The number of aryl methyl sites for hydroxylation is 1. The van der Waals surface area contributed by atoms with Crippen LogP contribution in [0.15, 0.2) is 18.2 Å². The van der Waals surface area contributed by atoms with Gasteiger partial charge in [0, 0.05) is 11.7 Å². The van der Waals surface area contributed by atoms with Crippen LogP contribution in [0, 0.1) is 24.7 Å². The van der Waals surface area contributed by atoms with Gasteiger partial charge >= 0.3 is 5.97 Å². The number of carbonyl (C=O) groups is 2. The Hall–Kier alpha value is -1.79. The molecule has 138 valence electrons. The molecule has 4 unspecified atom stereocenters. The van der Waals surface area contributed by atoms with Gasteiger partial charge in [0.1, 0.15) is 5.75 Å². The van der Waals surface area contributed by atoms with Gasteiger partial charge in [0.25, 0.3) is 0 Å². The maximum atomic E-state index is 12.6. The molecule has 0 aromatic heterocycles. The first-order valence-electron chi connectivity index (χ1n) is 8.36. The molecule has 1 aromatic rings. The second-order valence-electron chi connectivity index (χ2n) is 6.77. The summed E-state index contributed by atoms with van der Waals surface area (Å²) in [5, 5.41) is 3.00. The average Bonchev–Trinajstić information content (AvgIpc) is 3.15. The van der Waals surface area contributed by atoms with E-state index in [1.807, 2.05) is 6.92 Å². The summed E-state index contributed by atoms with van der Waals surface area (Å²) < 4.78 is 9.89. The molecule has 3 rings (SSSR count). The summed E-state index contributed by atoms with van der Waals surface area (Å²) >= 11 is 0. The first kappa shape index (κ1) is 19.5. The Morgan fingerprint density at radius 2 is 2.00 bits per heavy atom. The number of ether oxygens (including phenoxy) is 2. The van der Waals surface area contributed by atoms with E-state index in [4.69, 9.17) is 10.5 Å². The molecule has 2 aliphatic carbocycles. The van der Waals surface area contributed by atoms with Gasteiger partial charge < -0.3 is 20.5 Å². The van der Waals surface area contributed by atoms with Crippen LogP contribution in [0.5, 0.6) is 5.75 Å². The highest BCUT2D eigenvalue weighted by atomic mass is 35.5. The minimum absolute atomic E-state index is 0. The molecular formula is C18H25ClN2O4. The molecule has 7 heteroatoms. The first-order valence-corrected chi connectivity index (χ1v) is 8.36. The van der Waals surface area contributed by atoms with Crippen LogP contribution in [0.25, 0.3) is 0 Å². The van der Waals surface area contributed by atoms with E-state index in [1.165, 1.54) is 7.11 Å². The van der Waals surface area contributed by atoms with Gasteiger partial charge in [-0.1, -0.05) is 0 Å². The van der Waals surface area contributed by atoms with Crippen molar-refractivity contribution in [3.8, 4) is 5.75 Å². The molecule has 4 atom stereocenters. The molecule has 0 radical (unpaired) electrons. The minimum atomic E-state index is -0.435. The SMILES string of the molecule is COC(=O)COc1ccc(NC(=O)C2C3CCC(C3)C2N)c(C)c1.Cl. The molecule has 1 amide bonds. The fourth-order valence-electron chi connectivity index (χ4n) is 4.01. The van der Waals surface area contributed by atoms with E-state index in [0.29, 0.717) is 17.6 Å². The number of rotatable bonds is 5. The summed E-state index contributed by atoms with van der Waals surface area (Å²) in [6.07, 6.45) is 3.34. The van der Waals surface area contributed by atoms with E-state index >= 15 is 0 Å². The molecule has 6 nitrogen and oxygen atoms in total. The van der Waals surface area contributed by atoms with Crippen molar-refractivity contribution in [1.29, 1.82) is 0 Å². The van der Waals surface area contributed by atoms with Crippen molar-refractivity contribution < 1.29 is 19.1 Å². The van der Waals surface area contributed by atoms with Gasteiger partial charge in [-0.3, -0.25) is 4.79 Å². The zero-order valence-corrected chi connectivity index (χ0v) is 15.3. The van der Waals surface area contributed by atoms with Gasteiger partial charge in [0.15, 0.2) is 6.61 Å². The molecule has 0 spiro atoms. The van der Waals surface area contributed by atoms with Gasteiger partial charge in [-0.2, -0.15) is 0 Å². The van der Waals surface area contributed by atoms with Gasteiger partial charge in [0.2, 0.25) is 5.91 Å². The molecule has 0 heterocycles. The number of methoxy groups -OCH3 is 1. The fraction of sp³-hybridized carbons (Fsp3) is 0.556. The van der Waals surface area contributed by atoms with Crippen LogP contribution < -0.4 is 15.8 Å². The summed E-state index contributed by atoms with van der Waals surface area (Å²) in [6.45, 7) is 1.75. The number of hydrogen-bond acceptors (Lipinski definition) is 5. The quantitative estimate of drug-likeness (QED) is 0.778. The maximum absolute atomic E-state index is 12.6. The van der Waals surface area contributed by atoms with E-state index < -0.39 is 5.97 Å². The summed E-state index contributed by atoms with van der Waals surface area (Å²) in [5.41, 5.74) is 7.86. The van der Waals surface area contributed by atoms with Gasteiger partial charge in [-0.15, -0.1) is 12.4 Å². The number of nitrogens with two attached hydrogens (primary N) is 1. The number of halogens is 1. The normalized spacial score (nSPS) is 26.7. The molecule has 2 fully saturated rings. The van der Waals surface area contributed by atoms with E-state index in [0.717, 1.165) is 30.5 Å². The first-order chi connectivity index (χ1) is 11.5. The lowest BCUT2D eigenvalue weighted by molar-refractivity contribution is -0.142. The van der Waals surface area contributed by atoms with Crippen molar-refractivity contribution >= 4 is 30.0 Å². The Labute approximate surface area is 153 Å². The Balaban J connectivity index is 0.00000225. The predicted molar refractivity (Wildman–Crippen MR) is 96.9 cm³/mol. The number of anilines is 1. The van der Waals surface area contributed by atoms with E-state index in [2.05, 4.69) is 10.1 Å². The van der Waals surface area contributed by atoms with Gasteiger partial charge in [0.05, 0.1) is 13.0 Å². The molecule has 2 aliphatic rings. The molecule has 2 saturated carbocycles. The van der Waals surface area contributed by atoms with Gasteiger partial charge in [-0.05, 0) is 61.8 Å². The van der Waals surface area contributed by atoms with Crippen LogP contribution in [0.1, 0.15) is 24.8 Å². The summed E-state index contributed by atoms with van der Waals surface area (Å²) in [7, 11) is 1.32. The van der Waals surface area contributed by atoms with Crippen LogP contribution in [-0.2, 0) is 14.3 Å². The summed E-state index contributed by atoms with van der Waals surface area (Å²) in [5.74, 6) is 0.983. The number of amides is 1. The molecular weight excluding hydrogens is 344 g/mol. The molecule has 3 N–H and O–H groups in total. The highest BCUT2D eigenvalue weighted by molar-refractivity contribution is 5.94. The average molecular weight is 369 g/mol. The van der Waals surface area contributed by atoms with Crippen molar-refractivity contribution in [3.63, 3.8) is 0 Å². The van der Waals surface area contributed by atoms with E-state index in [1.54, 1.807) is 18.2 Å². The van der Waals surface area contributed by atoms with Crippen molar-refractivity contribution in [1.82, 2.24) is 0 Å². The fourth-order valence-corrected chi connectivity index (χ4v) is 4.01. The number of carbonyl (C=O) groups excluding carboxylic acids is 2. The summed E-state index contributed by atoms with van der Waals surface area (Å²) in [6, 6.07) is 5.29. The predicted octanol–water partition coefficient (Wildman–Crippen LogP) is 2.28. The largest absolute Gasteiger partial charge is 0.482 e. The third kappa shape index (κ3) is 4.07. The second-order valence-corrected chi connectivity index (χ2v) is 6.77. The maximum Gasteiger partial charge on any atom is 0.343 e. The molecule has 1 aromatic carbocycles. The highest BCUT2D eigenvalue weighted by Crippen LogP contribution is 2.48. The topological polar surface area (TPSA) is 90.6 Å². The third-order valence-corrected chi connectivity index (χ3v) is 5.32. The minimum Gasteiger partial charge on any atom is -0.482 e. The van der Waals surface area contributed by atoms with Crippen molar-refractivity contribution in [3.05, 3.63) is 23.8 Å². The third-order valence-electron chi connectivity index (χ3n) is 5.32. The molecule has 0 saturated heterocycles. The monoisotopic (exact) mass is 368 g/mol. The van der Waals surface area contributed by atoms with Crippen molar-refractivity contribution in [2.24, 2.45) is 23.5 Å². The Morgan fingerprint density at radius 3 is 2.60 bits per heavy atom.